The van der Waals surface area contributed by atoms with Crippen LogP contribution >= 0.6 is 0 Å². The summed E-state index contributed by atoms with van der Waals surface area (Å²) in [6.07, 6.45) is 3.69. The number of fused-ring (bicyclic) bond motifs is 1. The number of aromatic nitrogens is 2. The van der Waals surface area contributed by atoms with Gasteiger partial charge in [-0.1, -0.05) is 24.3 Å². The lowest BCUT2D eigenvalue weighted by atomic mass is 9.97. The molecule has 0 N–H and O–H groups in total. The molecule has 2 aliphatic heterocycles. The molecule has 2 aliphatic rings. The maximum atomic E-state index is 12.9. The summed E-state index contributed by atoms with van der Waals surface area (Å²) in [7, 11) is 0. The number of hydrogen-bond donors (Lipinski definition) is 0. The van der Waals surface area contributed by atoms with Gasteiger partial charge in [-0.3, -0.25) is 4.79 Å². The minimum absolute atomic E-state index is 0.0390. The Labute approximate surface area is 151 Å². The van der Waals surface area contributed by atoms with Crippen molar-refractivity contribution in [1.29, 1.82) is 5.26 Å². The number of hydrogen-bond acceptors (Lipinski definition) is 6. The van der Waals surface area contributed by atoms with Gasteiger partial charge in [-0.05, 0) is 17.5 Å². The number of nitriles is 1. The molecular weight excluding hydrogens is 332 g/mol. The molecule has 0 radical (unpaired) electrons. The first-order chi connectivity index (χ1) is 12.8. The molecule has 1 aromatic heterocycles. The molecule has 7 nitrogen and oxygen atoms in total. The third-order valence-electron chi connectivity index (χ3n) is 4.72. The summed E-state index contributed by atoms with van der Waals surface area (Å²) in [6, 6.07) is 9.89. The largest absolute Gasteiger partial charge is 0.470 e. The fourth-order valence-corrected chi connectivity index (χ4v) is 3.43. The third kappa shape index (κ3) is 3.11. The van der Waals surface area contributed by atoms with Crippen LogP contribution in [-0.4, -0.2) is 46.6 Å². The summed E-state index contributed by atoms with van der Waals surface area (Å²) >= 11 is 0. The van der Waals surface area contributed by atoms with Crippen molar-refractivity contribution in [3.8, 4) is 11.9 Å². The molecule has 0 spiro atoms. The highest BCUT2D eigenvalue weighted by molar-refractivity contribution is 5.83. The molecule has 7 heteroatoms. The molecular formula is C19H18N4O3. The monoisotopic (exact) mass is 350 g/mol. The van der Waals surface area contributed by atoms with Crippen LogP contribution in [0.2, 0.25) is 0 Å². The van der Waals surface area contributed by atoms with Crippen molar-refractivity contribution in [2.24, 2.45) is 0 Å². The summed E-state index contributed by atoms with van der Waals surface area (Å²) in [4.78, 5) is 22.7. The number of carbonyl (C=O) groups excluding carboxylic acids is 1. The number of carbonyl (C=O) groups is 1. The first-order valence-corrected chi connectivity index (χ1v) is 8.62. The normalized spacial score (nSPS) is 21.7. The van der Waals surface area contributed by atoms with E-state index < -0.39 is 6.10 Å². The zero-order valence-electron chi connectivity index (χ0n) is 14.2. The predicted octanol–water partition coefficient (Wildman–Crippen LogP) is 1.64. The van der Waals surface area contributed by atoms with Crippen molar-refractivity contribution in [3.63, 3.8) is 0 Å². The topological polar surface area (TPSA) is 88.3 Å². The molecule has 1 saturated heterocycles. The molecule has 1 fully saturated rings. The maximum Gasteiger partial charge on any atom is 0.256 e. The molecule has 1 amide bonds. The Bertz CT molecular complexity index is 864. The fourth-order valence-electron chi connectivity index (χ4n) is 3.43. The number of rotatable bonds is 3. The number of likely N-dealkylation sites (tertiary alicyclic amines) is 1. The molecule has 0 bridgehead atoms. The van der Waals surface area contributed by atoms with Crippen molar-refractivity contribution < 1.29 is 14.3 Å². The van der Waals surface area contributed by atoms with E-state index in [0.717, 1.165) is 12.0 Å². The van der Waals surface area contributed by atoms with Crippen molar-refractivity contribution in [2.45, 2.75) is 25.0 Å². The average Bonchev–Trinajstić information content (AvgIpc) is 3.16. The van der Waals surface area contributed by atoms with Gasteiger partial charge in [0.15, 0.2) is 6.10 Å². The van der Waals surface area contributed by atoms with Crippen LogP contribution in [0.5, 0.6) is 5.88 Å². The lowest BCUT2D eigenvalue weighted by Gasteiger charge is -2.28. The Balaban J connectivity index is 1.45. The highest BCUT2D eigenvalue weighted by atomic mass is 16.5. The standard InChI is InChI=1S/C19H18N4O3/c20-11-16-18(22-8-7-21-16)26-14-5-9-23(12-14)19(24)17-15-4-2-1-3-13(15)6-10-25-17/h1-4,7-8,14,17H,5-6,9-10,12H2/t14-,17+/m0/s1. The highest BCUT2D eigenvalue weighted by Crippen LogP contribution is 2.30. The number of benzene rings is 1. The van der Waals surface area contributed by atoms with E-state index >= 15 is 0 Å². The zero-order valence-corrected chi connectivity index (χ0v) is 14.2. The molecule has 3 heterocycles. The lowest BCUT2D eigenvalue weighted by molar-refractivity contribution is -0.144. The van der Waals surface area contributed by atoms with Crippen molar-refractivity contribution >= 4 is 5.91 Å². The molecule has 26 heavy (non-hydrogen) atoms. The third-order valence-corrected chi connectivity index (χ3v) is 4.72. The maximum absolute atomic E-state index is 12.9. The second-order valence-corrected chi connectivity index (χ2v) is 6.33. The van der Waals surface area contributed by atoms with Crippen LogP contribution in [0.1, 0.15) is 29.3 Å². The Morgan fingerprint density at radius 3 is 3.04 bits per heavy atom. The molecule has 2 atom stereocenters. The zero-order chi connectivity index (χ0) is 17.9. The van der Waals surface area contributed by atoms with Crippen LogP contribution in [0.25, 0.3) is 0 Å². The minimum Gasteiger partial charge on any atom is -0.470 e. The van der Waals surface area contributed by atoms with Crippen molar-refractivity contribution in [2.75, 3.05) is 19.7 Å². The van der Waals surface area contributed by atoms with Crippen LogP contribution in [0.3, 0.4) is 0 Å². The van der Waals surface area contributed by atoms with Gasteiger partial charge in [0.25, 0.3) is 11.8 Å². The molecule has 132 valence electrons. The van der Waals surface area contributed by atoms with Gasteiger partial charge >= 0.3 is 0 Å². The van der Waals surface area contributed by atoms with Crippen LogP contribution in [0, 0.1) is 11.3 Å². The van der Waals surface area contributed by atoms with Crippen LogP contribution in [0.15, 0.2) is 36.7 Å². The summed E-state index contributed by atoms with van der Waals surface area (Å²) in [6.45, 7) is 1.59. The molecule has 1 aromatic carbocycles. The molecule has 0 unspecified atom stereocenters. The van der Waals surface area contributed by atoms with Gasteiger partial charge in [-0.25, -0.2) is 9.97 Å². The summed E-state index contributed by atoms with van der Waals surface area (Å²) in [5.74, 6) is 0.177. The van der Waals surface area contributed by atoms with Crippen LogP contribution in [-0.2, 0) is 16.0 Å². The Morgan fingerprint density at radius 1 is 1.31 bits per heavy atom. The Morgan fingerprint density at radius 2 is 2.15 bits per heavy atom. The van der Waals surface area contributed by atoms with Crippen molar-refractivity contribution in [1.82, 2.24) is 14.9 Å². The lowest BCUT2D eigenvalue weighted by Crippen LogP contribution is -2.37. The SMILES string of the molecule is N#Cc1nccnc1O[C@H]1CCN(C(=O)[C@@H]2OCCc3ccccc32)C1. The van der Waals surface area contributed by atoms with Gasteiger partial charge < -0.3 is 14.4 Å². The molecule has 4 rings (SSSR count). The van der Waals surface area contributed by atoms with E-state index in [0.29, 0.717) is 26.1 Å². The van der Waals surface area contributed by atoms with Crippen molar-refractivity contribution in [3.05, 3.63) is 53.5 Å². The predicted molar refractivity (Wildman–Crippen MR) is 91.2 cm³/mol. The van der Waals surface area contributed by atoms with E-state index in [1.807, 2.05) is 30.3 Å². The Hall–Kier alpha value is -2.98. The van der Waals surface area contributed by atoms with E-state index in [9.17, 15) is 4.79 Å². The van der Waals surface area contributed by atoms with Gasteiger partial charge in [0, 0.05) is 25.4 Å². The van der Waals surface area contributed by atoms with E-state index in [-0.39, 0.29) is 23.6 Å². The Kier molecular flexibility index (Phi) is 4.50. The van der Waals surface area contributed by atoms with Gasteiger partial charge in [0.1, 0.15) is 12.2 Å². The van der Waals surface area contributed by atoms with E-state index in [1.54, 1.807) is 4.90 Å². The van der Waals surface area contributed by atoms with E-state index in [2.05, 4.69) is 9.97 Å². The molecule has 2 aromatic rings. The van der Waals surface area contributed by atoms with Gasteiger partial charge in [0.2, 0.25) is 5.69 Å². The quantitative estimate of drug-likeness (QED) is 0.836. The first-order valence-electron chi connectivity index (χ1n) is 8.62. The summed E-state index contributed by atoms with van der Waals surface area (Å²) in [5.41, 5.74) is 2.28. The van der Waals surface area contributed by atoms with E-state index in [1.165, 1.54) is 18.0 Å². The van der Waals surface area contributed by atoms with Gasteiger partial charge in [-0.2, -0.15) is 5.26 Å². The fraction of sp³-hybridized carbons (Fsp3) is 0.368. The van der Waals surface area contributed by atoms with E-state index in [4.69, 9.17) is 14.7 Å². The first kappa shape index (κ1) is 16.5. The molecule has 0 aliphatic carbocycles. The average molecular weight is 350 g/mol. The van der Waals surface area contributed by atoms with Gasteiger partial charge in [-0.15, -0.1) is 0 Å². The van der Waals surface area contributed by atoms with Gasteiger partial charge in [0.05, 0.1) is 13.2 Å². The summed E-state index contributed by atoms with van der Waals surface area (Å²) < 4.78 is 11.6. The molecule has 0 saturated carbocycles. The number of nitrogens with zero attached hydrogens (tertiary/aromatic N) is 4. The second-order valence-electron chi connectivity index (χ2n) is 6.33. The summed E-state index contributed by atoms with van der Waals surface area (Å²) in [5, 5.41) is 9.08. The smallest absolute Gasteiger partial charge is 0.256 e. The second kappa shape index (κ2) is 7.10. The van der Waals surface area contributed by atoms with Crippen LogP contribution < -0.4 is 4.74 Å². The number of ether oxygens (including phenoxy) is 2. The number of amides is 1. The minimum atomic E-state index is -0.551. The highest BCUT2D eigenvalue weighted by Gasteiger charge is 2.35. The van der Waals surface area contributed by atoms with Crippen LogP contribution in [0.4, 0.5) is 0 Å².